The molecule has 0 radical (unpaired) electrons. The minimum Gasteiger partial charge on any atom is -0.425 e. The second-order valence-corrected chi connectivity index (χ2v) is 59.2. The Bertz CT molecular complexity index is 1080. The molecule has 0 saturated carbocycles. The molecule has 12 nitrogen and oxygen atoms in total. The average Bonchev–Trinajstić information content (AvgIpc) is 3.11. The second-order valence-electron chi connectivity index (χ2n) is 20.7. The van der Waals surface area contributed by atoms with Crippen LogP contribution in [0.15, 0.2) is 0 Å². The quantitative estimate of drug-likeness (QED) is 0.178. The van der Waals surface area contributed by atoms with Crippen LogP contribution in [-0.4, -0.2) is 111 Å². The molecule has 60 heavy (non-hydrogen) atoms. The summed E-state index contributed by atoms with van der Waals surface area (Å²) in [5, 5.41) is 0. The molecule has 0 amide bonds. The predicted octanol–water partition coefficient (Wildman–Crippen LogP) is 7.77. The molecule has 0 atom stereocenters. The molecule has 1 fully saturated rings. The Labute approximate surface area is 391 Å². The molecule has 1 aliphatic heterocycles. The van der Waals surface area contributed by atoms with Crippen molar-refractivity contribution in [2.75, 3.05) is 0 Å². The lowest BCUT2D eigenvalue weighted by Crippen LogP contribution is -2.72. The summed E-state index contributed by atoms with van der Waals surface area (Å²) < 4.78 is 85.5. The minimum absolute atomic E-state index is 0.107. The van der Waals surface area contributed by atoms with Crippen LogP contribution >= 0.6 is 0 Å². The smallest absolute Gasteiger partial charge is 0.325 e. The monoisotopic (exact) mass is 1060 g/mol. The number of hydrogen-bond acceptors (Lipinski definition) is 12. The van der Waals surface area contributed by atoms with Crippen molar-refractivity contribution in [1.29, 1.82) is 0 Å². The Balaban J connectivity index is 4.46. The first-order chi connectivity index (χ1) is 27.6. The fourth-order valence-corrected chi connectivity index (χ4v) is 66.1. The fraction of sp³-hybridized carbons (Fsp3) is 1.00. The molecule has 360 valence electrons. The molecule has 0 aromatic carbocycles. The van der Waals surface area contributed by atoms with Crippen molar-refractivity contribution in [3.8, 4) is 0 Å². The van der Waals surface area contributed by atoms with Gasteiger partial charge in [-0.3, -0.25) is 0 Å². The minimum atomic E-state index is -3.26. The molecule has 0 aromatic rings. The summed E-state index contributed by atoms with van der Waals surface area (Å²) in [5.74, 6) is 0. The Morgan fingerprint density at radius 3 is 0.483 bits per heavy atom. The summed E-state index contributed by atoms with van der Waals surface area (Å²) >= 11 is 0. The first-order valence-electron chi connectivity index (χ1n) is 23.2. The highest BCUT2D eigenvalue weighted by molar-refractivity contribution is 6.95. The van der Waals surface area contributed by atoms with E-state index in [2.05, 4.69) is 166 Å². The Morgan fingerprint density at radius 1 is 0.200 bits per heavy atom. The SMILES string of the molecule is CC(C)[Si]1(C(C)C)O[SiH2]O[SiH2]O[SiH2]O[SiH2]O[SiH2]O[SiH2]O[Si](C(C)C)(C(C)C)O[Si](C(C)C)(C(C)C)O[Si](C(C)C)(C(C)C)O[Si](C(C)C)(C(C)C)O[Si](C(C)C)(C(C)C)O1. The maximum absolute atomic E-state index is 8.33. The molecule has 1 aliphatic rings. The van der Waals surface area contributed by atoms with Crippen LogP contribution in [-0.2, 0) is 49.4 Å². The molecule has 0 N–H and O–H groups in total. The van der Waals surface area contributed by atoms with E-state index in [4.69, 9.17) is 49.4 Å². The van der Waals surface area contributed by atoms with Crippen molar-refractivity contribution in [3.63, 3.8) is 0 Å². The van der Waals surface area contributed by atoms with Gasteiger partial charge in [-0.2, -0.15) is 0 Å². The van der Waals surface area contributed by atoms with Crippen molar-refractivity contribution in [2.45, 2.75) is 233 Å². The van der Waals surface area contributed by atoms with Gasteiger partial charge in [-0.25, -0.2) is 0 Å². The van der Waals surface area contributed by atoms with Gasteiger partial charge in [0.15, 0.2) is 0 Å². The molecule has 0 unspecified atom stereocenters. The van der Waals surface area contributed by atoms with E-state index in [0.717, 1.165) is 0 Å². The van der Waals surface area contributed by atoms with Crippen LogP contribution < -0.4 is 0 Å². The Kier molecular flexibility index (Phi) is 26.1. The van der Waals surface area contributed by atoms with Gasteiger partial charge < -0.3 is 49.4 Å². The zero-order valence-electron chi connectivity index (χ0n) is 43.1. The van der Waals surface area contributed by atoms with Crippen molar-refractivity contribution in [3.05, 3.63) is 0 Å². The molecule has 0 aliphatic carbocycles. The third-order valence-corrected chi connectivity index (χ3v) is 55.9. The Morgan fingerprint density at radius 2 is 0.333 bits per heavy atom. The van der Waals surface area contributed by atoms with E-state index < -0.39 is 111 Å². The van der Waals surface area contributed by atoms with Gasteiger partial charge in [-0.05, 0) is 66.5 Å². The van der Waals surface area contributed by atoms with E-state index in [0.29, 0.717) is 0 Å². The van der Waals surface area contributed by atoms with Crippen LogP contribution in [0, 0.1) is 0 Å². The highest BCUT2D eigenvalue weighted by atomic mass is 28.5. The molecule has 24 heteroatoms. The lowest BCUT2D eigenvalue weighted by atomic mass is 10.5. The third kappa shape index (κ3) is 14.1. The van der Waals surface area contributed by atoms with E-state index in [1.165, 1.54) is 0 Å². The molecular weight excluding hydrogens is 961 g/mol. The fourth-order valence-electron chi connectivity index (χ4n) is 9.09. The van der Waals surface area contributed by atoms with Gasteiger partial charge in [-0.1, -0.05) is 166 Å². The first-order valence-corrected chi connectivity index (χ1v) is 42.0. The summed E-state index contributed by atoms with van der Waals surface area (Å²) in [5.41, 5.74) is 1.62. The van der Waals surface area contributed by atoms with Gasteiger partial charge in [0, 0.05) is 0 Å². The van der Waals surface area contributed by atoms with E-state index >= 15 is 0 Å². The Hall–Kier alpha value is 2.12. The summed E-state index contributed by atoms with van der Waals surface area (Å²) in [6.45, 7) is 55.1. The van der Waals surface area contributed by atoms with Crippen LogP contribution in [0.25, 0.3) is 0 Å². The topological polar surface area (TPSA) is 111 Å². The van der Waals surface area contributed by atoms with Crippen molar-refractivity contribution in [2.24, 2.45) is 0 Å². The normalized spacial score (nSPS) is 25.8. The van der Waals surface area contributed by atoms with Gasteiger partial charge in [0.05, 0.1) is 0 Å². The van der Waals surface area contributed by atoms with Crippen molar-refractivity contribution < 1.29 is 49.4 Å². The maximum Gasteiger partial charge on any atom is 0.325 e. The van der Waals surface area contributed by atoms with E-state index in [-0.39, 0.29) is 66.5 Å². The molecular formula is C36H96O12Si12. The van der Waals surface area contributed by atoms with Crippen LogP contribution in [0.3, 0.4) is 0 Å². The lowest BCUT2D eigenvalue weighted by Gasteiger charge is -2.57. The van der Waals surface area contributed by atoms with Crippen LogP contribution in [0.1, 0.15) is 166 Å². The summed E-state index contributed by atoms with van der Waals surface area (Å²) in [6, 6.07) is 0. The lowest BCUT2D eigenvalue weighted by molar-refractivity contribution is 0.198. The van der Waals surface area contributed by atoms with Crippen molar-refractivity contribution in [1.82, 2.24) is 0 Å². The molecule has 0 spiro atoms. The molecule has 1 heterocycles. The van der Waals surface area contributed by atoms with Crippen LogP contribution in [0.4, 0.5) is 0 Å². The maximum atomic E-state index is 8.33. The van der Waals surface area contributed by atoms with Gasteiger partial charge in [-0.15, -0.1) is 0 Å². The van der Waals surface area contributed by atoms with E-state index in [1.54, 1.807) is 0 Å². The zero-order chi connectivity index (χ0) is 46.7. The predicted molar refractivity (Wildman–Crippen MR) is 280 cm³/mol. The molecule has 0 bridgehead atoms. The zero-order valence-corrected chi connectivity index (χ0v) is 57.6. The molecule has 1 rings (SSSR count). The average molecular weight is 1060 g/mol. The van der Waals surface area contributed by atoms with Gasteiger partial charge in [0.25, 0.3) is 60.0 Å². The summed E-state index contributed by atoms with van der Waals surface area (Å²) in [6.07, 6.45) is 0. The first kappa shape index (κ1) is 60.1. The highest BCUT2D eigenvalue weighted by Gasteiger charge is 2.67. The van der Waals surface area contributed by atoms with Crippen molar-refractivity contribution >= 4 is 111 Å². The van der Waals surface area contributed by atoms with Gasteiger partial charge in [0.2, 0.25) is 0 Å². The van der Waals surface area contributed by atoms with E-state index in [1.807, 2.05) is 0 Å². The largest absolute Gasteiger partial charge is 0.425 e. The highest BCUT2D eigenvalue weighted by Crippen LogP contribution is 2.54. The van der Waals surface area contributed by atoms with E-state index in [9.17, 15) is 0 Å². The molecule has 1 saturated heterocycles. The third-order valence-electron chi connectivity index (χ3n) is 12.7. The van der Waals surface area contributed by atoms with Gasteiger partial charge in [0.1, 0.15) is 0 Å². The van der Waals surface area contributed by atoms with Gasteiger partial charge >= 0.3 is 51.4 Å². The summed E-state index contributed by atoms with van der Waals surface area (Å²) in [4.78, 5) is 0. The standard InChI is InChI=1S/C36H96O12Si12/c1-25(2)55(26(3)4)42-53-40-51-38-49-37-50-39-52-41-54-43-56(27(5)6,28(7)8)45-58(31(13)14,32(15)16)47-60(35(21)22,36(23)24)48-59(33(17)18,34(19)20)46-57(44-55,29(9)10)30(11)12/h25-36H,49-54H2,1-24H3. The number of rotatable bonds is 12. The second kappa shape index (κ2) is 26.0. The van der Waals surface area contributed by atoms with Crippen LogP contribution in [0.5, 0.6) is 0 Å². The van der Waals surface area contributed by atoms with Crippen LogP contribution in [0.2, 0.25) is 66.5 Å². The summed E-state index contributed by atoms with van der Waals surface area (Å²) in [7, 11) is -26.4. The number of hydrogen-bond donors (Lipinski definition) is 0. The molecule has 0 aromatic heterocycles.